The van der Waals surface area contributed by atoms with Crippen molar-refractivity contribution < 1.29 is 14.7 Å². The first-order valence-corrected chi connectivity index (χ1v) is 7.31. The average molecular weight is 280 g/mol. The van der Waals surface area contributed by atoms with Gasteiger partial charge in [0.1, 0.15) is 6.04 Å². The van der Waals surface area contributed by atoms with Crippen molar-refractivity contribution in [3.05, 3.63) is 0 Å². The molecule has 0 radical (unpaired) electrons. The van der Waals surface area contributed by atoms with Gasteiger partial charge in [-0.3, -0.25) is 0 Å². The monoisotopic (exact) mass is 280 g/mol. The van der Waals surface area contributed by atoms with Crippen molar-refractivity contribution in [3.8, 4) is 12.3 Å². The first-order chi connectivity index (χ1) is 9.60. The molecular formula is C15H24N2O3. The number of carbonyl (C=O) groups is 2. The second-order valence-electron chi connectivity index (χ2n) is 5.29. The fraction of sp³-hybridized carbons (Fsp3) is 0.733. The largest absolute Gasteiger partial charge is 0.480 e. The quantitative estimate of drug-likeness (QED) is 0.732. The Morgan fingerprint density at radius 2 is 2.05 bits per heavy atom. The molecule has 112 valence electrons. The lowest BCUT2D eigenvalue weighted by atomic mass is 9.84. The Balaban J connectivity index is 2.66. The zero-order valence-corrected chi connectivity index (χ0v) is 12.1. The molecule has 2 N–H and O–H groups in total. The van der Waals surface area contributed by atoms with E-state index in [4.69, 9.17) is 6.42 Å². The van der Waals surface area contributed by atoms with Crippen LogP contribution in [0.3, 0.4) is 0 Å². The number of nitrogens with one attached hydrogen (secondary N) is 1. The first kappa shape index (κ1) is 16.4. The third kappa shape index (κ3) is 4.76. The van der Waals surface area contributed by atoms with E-state index in [0.29, 0.717) is 6.54 Å². The number of nitrogens with zero attached hydrogens (tertiary/aromatic N) is 1. The summed E-state index contributed by atoms with van der Waals surface area (Å²) in [6, 6.07) is -1.18. The van der Waals surface area contributed by atoms with E-state index in [-0.39, 0.29) is 18.5 Å². The van der Waals surface area contributed by atoms with Gasteiger partial charge in [0.05, 0.1) is 6.54 Å². The van der Waals surface area contributed by atoms with Crippen LogP contribution in [0.25, 0.3) is 0 Å². The van der Waals surface area contributed by atoms with Crippen LogP contribution in [0, 0.1) is 18.3 Å². The highest BCUT2D eigenvalue weighted by atomic mass is 16.4. The molecular weight excluding hydrogens is 256 g/mol. The maximum atomic E-state index is 12.1. The standard InChI is InChI=1S/C15H24N2O3/c1-3-10-17(11-4-2)15(20)16-13(14(18)19)12-8-6-5-7-9-12/h1,12-13H,4-11H2,2H3,(H,16,20)(H,18,19). The number of aliphatic carboxylic acids is 1. The van der Waals surface area contributed by atoms with Crippen LogP contribution >= 0.6 is 0 Å². The van der Waals surface area contributed by atoms with Crippen molar-refractivity contribution in [2.75, 3.05) is 13.1 Å². The number of carboxylic acids is 1. The fourth-order valence-corrected chi connectivity index (χ4v) is 2.71. The summed E-state index contributed by atoms with van der Waals surface area (Å²) in [5, 5.41) is 12.0. The molecule has 1 saturated carbocycles. The highest BCUT2D eigenvalue weighted by Crippen LogP contribution is 2.26. The summed E-state index contributed by atoms with van der Waals surface area (Å²) in [5.41, 5.74) is 0. The van der Waals surface area contributed by atoms with Crippen molar-refractivity contribution in [1.82, 2.24) is 10.2 Å². The van der Waals surface area contributed by atoms with E-state index in [2.05, 4.69) is 11.2 Å². The molecule has 1 rings (SSSR count). The van der Waals surface area contributed by atoms with Crippen LogP contribution in [0.2, 0.25) is 0 Å². The molecule has 2 amide bonds. The van der Waals surface area contributed by atoms with Crippen LogP contribution in [-0.4, -0.2) is 41.1 Å². The Kier molecular flexibility index (Phi) is 6.92. The minimum absolute atomic E-state index is 0.0273. The lowest BCUT2D eigenvalue weighted by molar-refractivity contribution is -0.141. The molecule has 1 unspecified atom stereocenters. The predicted octanol–water partition coefficient (Wildman–Crippen LogP) is 2.07. The molecule has 1 aliphatic rings. The second-order valence-corrected chi connectivity index (χ2v) is 5.29. The Hall–Kier alpha value is -1.70. The molecule has 1 aliphatic carbocycles. The van der Waals surface area contributed by atoms with Crippen LogP contribution in [0.5, 0.6) is 0 Å². The van der Waals surface area contributed by atoms with Gasteiger partial charge in [0.25, 0.3) is 0 Å². The fourth-order valence-electron chi connectivity index (χ4n) is 2.71. The van der Waals surface area contributed by atoms with Crippen LogP contribution in [-0.2, 0) is 4.79 Å². The topological polar surface area (TPSA) is 69.6 Å². The van der Waals surface area contributed by atoms with E-state index in [9.17, 15) is 14.7 Å². The van der Waals surface area contributed by atoms with Gasteiger partial charge in [0.2, 0.25) is 0 Å². The minimum Gasteiger partial charge on any atom is -0.480 e. The normalized spacial score (nSPS) is 17.0. The number of carbonyl (C=O) groups excluding carboxylic acids is 1. The number of hydrogen-bond acceptors (Lipinski definition) is 2. The third-order valence-electron chi connectivity index (χ3n) is 3.73. The first-order valence-electron chi connectivity index (χ1n) is 7.31. The SMILES string of the molecule is C#CCN(CCC)C(=O)NC(C(=O)O)C1CCCCC1. The zero-order valence-electron chi connectivity index (χ0n) is 12.1. The van der Waals surface area contributed by atoms with Crippen LogP contribution in [0.1, 0.15) is 45.4 Å². The van der Waals surface area contributed by atoms with Crippen molar-refractivity contribution in [3.63, 3.8) is 0 Å². The summed E-state index contributed by atoms with van der Waals surface area (Å²) in [6.45, 7) is 2.69. The molecule has 20 heavy (non-hydrogen) atoms. The third-order valence-corrected chi connectivity index (χ3v) is 3.73. The number of hydrogen-bond donors (Lipinski definition) is 2. The number of carboxylic acid groups (broad SMARTS) is 1. The molecule has 0 aliphatic heterocycles. The lowest BCUT2D eigenvalue weighted by Crippen LogP contribution is -2.51. The van der Waals surface area contributed by atoms with Gasteiger partial charge in [0, 0.05) is 6.54 Å². The summed E-state index contributed by atoms with van der Waals surface area (Å²) >= 11 is 0. The molecule has 5 nitrogen and oxygen atoms in total. The molecule has 1 fully saturated rings. The van der Waals surface area contributed by atoms with E-state index < -0.39 is 12.0 Å². The number of rotatable bonds is 6. The Labute approximate surface area is 120 Å². The maximum absolute atomic E-state index is 12.1. The zero-order chi connectivity index (χ0) is 15.0. The van der Waals surface area contributed by atoms with Crippen LogP contribution in [0.4, 0.5) is 4.79 Å². The molecule has 0 bridgehead atoms. The average Bonchev–Trinajstić information content (AvgIpc) is 2.45. The van der Waals surface area contributed by atoms with Gasteiger partial charge in [0.15, 0.2) is 0 Å². The van der Waals surface area contributed by atoms with Crippen molar-refractivity contribution in [2.24, 2.45) is 5.92 Å². The summed E-state index contributed by atoms with van der Waals surface area (Å²) in [4.78, 5) is 25.0. The maximum Gasteiger partial charge on any atom is 0.326 e. The van der Waals surface area contributed by atoms with E-state index in [1.807, 2.05) is 6.92 Å². The van der Waals surface area contributed by atoms with Gasteiger partial charge in [-0.1, -0.05) is 32.1 Å². The molecule has 1 atom stereocenters. The predicted molar refractivity (Wildman–Crippen MR) is 77.2 cm³/mol. The second kappa shape index (κ2) is 8.47. The Bertz CT molecular complexity index is 370. The summed E-state index contributed by atoms with van der Waals surface area (Å²) in [6.07, 6.45) is 11.0. The summed E-state index contributed by atoms with van der Waals surface area (Å²) < 4.78 is 0. The highest BCUT2D eigenvalue weighted by molar-refractivity contribution is 5.83. The number of urea groups is 1. The molecule has 0 saturated heterocycles. The van der Waals surface area contributed by atoms with Crippen molar-refractivity contribution >= 4 is 12.0 Å². The van der Waals surface area contributed by atoms with Crippen molar-refractivity contribution in [2.45, 2.75) is 51.5 Å². The molecule has 5 heteroatoms. The van der Waals surface area contributed by atoms with Crippen molar-refractivity contribution in [1.29, 1.82) is 0 Å². The Morgan fingerprint density at radius 3 is 2.55 bits per heavy atom. The lowest BCUT2D eigenvalue weighted by Gasteiger charge is -2.30. The Morgan fingerprint density at radius 1 is 1.40 bits per heavy atom. The number of amides is 2. The van der Waals surface area contributed by atoms with Crippen LogP contribution in [0.15, 0.2) is 0 Å². The molecule has 0 heterocycles. The molecule has 0 spiro atoms. The molecule has 0 aromatic rings. The van der Waals surface area contributed by atoms with E-state index in [1.54, 1.807) is 0 Å². The van der Waals surface area contributed by atoms with Gasteiger partial charge in [-0.25, -0.2) is 9.59 Å². The molecule has 0 aromatic carbocycles. The van der Waals surface area contributed by atoms with Gasteiger partial charge in [-0.05, 0) is 25.2 Å². The van der Waals surface area contributed by atoms with Crippen LogP contribution < -0.4 is 5.32 Å². The molecule has 0 aromatic heterocycles. The van der Waals surface area contributed by atoms with Gasteiger partial charge in [-0.2, -0.15) is 0 Å². The highest BCUT2D eigenvalue weighted by Gasteiger charge is 2.31. The van der Waals surface area contributed by atoms with Gasteiger partial charge < -0.3 is 15.3 Å². The van der Waals surface area contributed by atoms with E-state index in [1.165, 1.54) is 4.90 Å². The smallest absolute Gasteiger partial charge is 0.326 e. The minimum atomic E-state index is -0.956. The van der Waals surface area contributed by atoms with Gasteiger partial charge in [-0.15, -0.1) is 6.42 Å². The number of terminal acetylenes is 1. The summed E-state index contributed by atoms with van der Waals surface area (Å²) in [7, 11) is 0. The van der Waals surface area contributed by atoms with E-state index >= 15 is 0 Å². The summed E-state index contributed by atoms with van der Waals surface area (Å²) in [5.74, 6) is 1.50. The van der Waals surface area contributed by atoms with E-state index in [0.717, 1.165) is 38.5 Å². The van der Waals surface area contributed by atoms with Gasteiger partial charge >= 0.3 is 12.0 Å².